The number of Topliss-reactive ketones (excluding diaryl/α,β-unsaturated/α-hetero) is 1. The van der Waals surface area contributed by atoms with Gasteiger partial charge in [0.15, 0.2) is 0 Å². The average molecular weight is 163 g/mol. The molecular weight excluding hydrogens is 152 g/mol. The summed E-state index contributed by atoms with van der Waals surface area (Å²) in [5, 5.41) is 0. The molecule has 0 aromatic carbocycles. The number of alkyl halides is 2. The van der Waals surface area contributed by atoms with Crippen LogP contribution in [0.15, 0.2) is 0 Å². The van der Waals surface area contributed by atoms with Gasteiger partial charge >= 0.3 is 0 Å². The van der Waals surface area contributed by atoms with E-state index in [9.17, 15) is 13.6 Å². The molecule has 1 aliphatic rings. The predicted molar refractivity (Wildman–Crippen MR) is 36.7 cm³/mol. The molecule has 4 heteroatoms. The number of hydrogen-bond donors (Lipinski definition) is 0. The van der Waals surface area contributed by atoms with E-state index in [-0.39, 0.29) is 25.3 Å². The lowest BCUT2D eigenvalue weighted by atomic mass is 10.3. The number of ketones is 1. The van der Waals surface area contributed by atoms with E-state index in [2.05, 4.69) is 0 Å². The molecule has 1 saturated heterocycles. The molecule has 0 N–H and O–H groups in total. The first-order chi connectivity index (χ1) is 4.99. The van der Waals surface area contributed by atoms with Crippen molar-refractivity contribution in [3.8, 4) is 0 Å². The van der Waals surface area contributed by atoms with E-state index in [1.54, 1.807) is 0 Å². The number of hydrogen-bond acceptors (Lipinski definition) is 2. The van der Waals surface area contributed by atoms with Gasteiger partial charge in [-0.2, -0.15) is 0 Å². The highest BCUT2D eigenvalue weighted by Gasteiger charge is 2.38. The van der Waals surface area contributed by atoms with E-state index in [0.717, 1.165) is 0 Å². The van der Waals surface area contributed by atoms with Gasteiger partial charge < -0.3 is 0 Å². The van der Waals surface area contributed by atoms with Gasteiger partial charge in [-0.25, -0.2) is 8.78 Å². The summed E-state index contributed by atoms with van der Waals surface area (Å²) < 4.78 is 25.0. The van der Waals surface area contributed by atoms with E-state index in [1.807, 2.05) is 0 Å². The Kier molecular flexibility index (Phi) is 2.23. The molecule has 0 unspecified atom stereocenters. The summed E-state index contributed by atoms with van der Waals surface area (Å²) in [5.74, 6) is -2.63. The van der Waals surface area contributed by atoms with E-state index in [1.165, 1.54) is 11.8 Å². The van der Waals surface area contributed by atoms with Crippen molar-refractivity contribution in [3.05, 3.63) is 0 Å². The third kappa shape index (κ3) is 2.54. The molecule has 0 bridgehead atoms. The third-order valence-corrected chi connectivity index (χ3v) is 1.69. The first-order valence-corrected chi connectivity index (χ1v) is 3.59. The molecule has 0 atom stereocenters. The SMILES string of the molecule is CC(=O)CN1CCC(F)(F)C1. The van der Waals surface area contributed by atoms with Crippen LogP contribution in [0.5, 0.6) is 0 Å². The summed E-state index contributed by atoms with van der Waals surface area (Å²) in [6.45, 7) is 1.66. The quantitative estimate of drug-likeness (QED) is 0.603. The second kappa shape index (κ2) is 2.85. The lowest BCUT2D eigenvalue weighted by molar-refractivity contribution is -0.118. The van der Waals surface area contributed by atoms with Crippen molar-refractivity contribution in [3.63, 3.8) is 0 Å². The van der Waals surface area contributed by atoms with Crippen molar-refractivity contribution in [1.29, 1.82) is 0 Å². The number of halogens is 2. The average Bonchev–Trinajstić information content (AvgIpc) is 2.08. The minimum Gasteiger partial charge on any atom is -0.299 e. The van der Waals surface area contributed by atoms with E-state index < -0.39 is 5.92 Å². The second-order valence-electron chi connectivity index (χ2n) is 3.02. The summed E-state index contributed by atoms with van der Waals surface area (Å²) in [4.78, 5) is 12.0. The number of carbonyl (C=O) groups is 1. The standard InChI is InChI=1S/C7H11F2NO/c1-6(11)4-10-3-2-7(8,9)5-10/h2-5H2,1H3. The summed E-state index contributed by atoms with van der Waals surface area (Å²) >= 11 is 0. The number of rotatable bonds is 2. The van der Waals surface area contributed by atoms with Crippen LogP contribution in [0, 0.1) is 0 Å². The molecule has 2 nitrogen and oxygen atoms in total. The Morgan fingerprint density at radius 2 is 2.27 bits per heavy atom. The van der Waals surface area contributed by atoms with Crippen molar-refractivity contribution in [2.75, 3.05) is 19.6 Å². The normalized spacial score (nSPS) is 23.9. The Bertz CT molecular complexity index is 170. The predicted octanol–water partition coefficient (Wildman–Crippen LogP) is 0.916. The molecule has 0 radical (unpaired) electrons. The van der Waals surface area contributed by atoms with Gasteiger partial charge in [0.1, 0.15) is 5.78 Å². The highest BCUT2D eigenvalue weighted by Crippen LogP contribution is 2.26. The van der Waals surface area contributed by atoms with Crippen molar-refractivity contribution < 1.29 is 13.6 Å². The zero-order chi connectivity index (χ0) is 8.48. The highest BCUT2D eigenvalue weighted by molar-refractivity contribution is 5.77. The molecule has 0 aromatic heterocycles. The Morgan fingerprint density at radius 3 is 2.64 bits per heavy atom. The van der Waals surface area contributed by atoms with Crippen LogP contribution >= 0.6 is 0 Å². The zero-order valence-corrected chi connectivity index (χ0v) is 6.44. The molecule has 1 fully saturated rings. The topological polar surface area (TPSA) is 20.3 Å². The highest BCUT2D eigenvalue weighted by atomic mass is 19.3. The number of nitrogens with zero attached hydrogens (tertiary/aromatic N) is 1. The van der Waals surface area contributed by atoms with Crippen molar-refractivity contribution >= 4 is 5.78 Å². The van der Waals surface area contributed by atoms with Crippen molar-refractivity contribution in [1.82, 2.24) is 4.90 Å². The smallest absolute Gasteiger partial charge is 0.261 e. The van der Waals surface area contributed by atoms with Crippen molar-refractivity contribution in [2.45, 2.75) is 19.3 Å². The van der Waals surface area contributed by atoms with Gasteiger partial charge in [-0.15, -0.1) is 0 Å². The molecule has 0 amide bonds. The van der Waals surface area contributed by atoms with Crippen molar-refractivity contribution in [2.24, 2.45) is 0 Å². The Morgan fingerprint density at radius 1 is 1.64 bits per heavy atom. The largest absolute Gasteiger partial charge is 0.299 e. The maximum absolute atomic E-state index is 12.5. The summed E-state index contributed by atoms with van der Waals surface area (Å²) in [6, 6.07) is 0. The lowest BCUT2D eigenvalue weighted by Gasteiger charge is -2.12. The molecule has 1 heterocycles. The fraction of sp³-hybridized carbons (Fsp3) is 0.857. The van der Waals surface area contributed by atoms with E-state index in [4.69, 9.17) is 0 Å². The van der Waals surface area contributed by atoms with Crippen LogP contribution < -0.4 is 0 Å². The fourth-order valence-electron chi connectivity index (χ4n) is 1.26. The van der Waals surface area contributed by atoms with Crippen LogP contribution in [0.25, 0.3) is 0 Å². The first kappa shape index (κ1) is 8.59. The lowest BCUT2D eigenvalue weighted by Crippen LogP contribution is -2.29. The molecule has 0 spiro atoms. The van der Waals surface area contributed by atoms with Gasteiger partial charge in [0.05, 0.1) is 13.1 Å². The minimum absolute atomic E-state index is 0.0531. The van der Waals surface area contributed by atoms with Crippen LogP contribution in [0.2, 0.25) is 0 Å². The summed E-state index contributed by atoms with van der Waals surface area (Å²) in [7, 11) is 0. The molecule has 0 saturated carbocycles. The van der Waals surface area contributed by atoms with Gasteiger partial charge in [-0.3, -0.25) is 9.69 Å². The van der Waals surface area contributed by atoms with Gasteiger partial charge in [-0.05, 0) is 6.92 Å². The zero-order valence-electron chi connectivity index (χ0n) is 6.44. The molecule has 1 rings (SSSR count). The maximum atomic E-state index is 12.5. The maximum Gasteiger partial charge on any atom is 0.261 e. The minimum atomic E-state index is -2.57. The fourth-order valence-corrected chi connectivity index (χ4v) is 1.26. The molecular formula is C7H11F2NO. The first-order valence-electron chi connectivity index (χ1n) is 3.59. The van der Waals surface area contributed by atoms with Crippen LogP contribution in [0.3, 0.4) is 0 Å². The van der Waals surface area contributed by atoms with E-state index >= 15 is 0 Å². The molecule has 1 aliphatic heterocycles. The number of likely N-dealkylation sites (tertiary alicyclic amines) is 1. The van der Waals surface area contributed by atoms with Gasteiger partial charge in [-0.1, -0.05) is 0 Å². The van der Waals surface area contributed by atoms with Crippen LogP contribution in [-0.4, -0.2) is 36.2 Å². The van der Waals surface area contributed by atoms with Crippen LogP contribution in [0.1, 0.15) is 13.3 Å². The van der Waals surface area contributed by atoms with Crippen LogP contribution in [0.4, 0.5) is 8.78 Å². The molecule has 0 aliphatic carbocycles. The summed E-state index contributed by atoms with van der Waals surface area (Å²) in [5.41, 5.74) is 0. The van der Waals surface area contributed by atoms with E-state index in [0.29, 0.717) is 6.54 Å². The van der Waals surface area contributed by atoms with Gasteiger partial charge in [0.2, 0.25) is 0 Å². The Labute approximate surface area is 64.2 Å². The van der Waals surface area contributed by atoms with Gasteiger partial charge in [0, 0.05) is 13.0 Å². The monoisotopic (exact) mass is 163 g/mol. The third-order valence-electron chi connectivity index (χ3n) is 1.69. The summed E-state index contributed by atoms with van der Waals surface area (Å²) in [6.07, 6.45) is -0.111. The molecule has 0 aromatic rings. The Balaban J connectivity index is 2.36. The second-order valence-corrected chi connectivity index (χ2v) is 3.02. The Hall–Kier alpha value is -0.510. The van der Waals surface area contributed by atoms with Crippen LogP contribution in [-0.2, 0) is 4.79 Å². The molecule has 11 heavy (non-hydrogen) atoms. The van der Waals surface area contributed by atoms with Gasteiger partial charge in [0.25, 0.3) is 5.92 Å². The molecule has 64 valence electrons. The number of carbonyl (C=O) groups excluding carboxylic acids is 1.